The standard InChI is InChI=1S/C22H24N2O4/c1-14-12-16(22(3,4)5)10-11-18(14)27-21(25)17-8-6-7-9-19(17)26-13-20-23-15(2)28-24-20/h6-12H,13H2,1-5H3. The van der Waals surface area contributed by atoms with Crippen molar-refractivity contribution >= 4 is 5.97 Å². The third-order valence-corrected chi connectivity index (χ3v) is 4.28. The number of carbonyl (C=O) groups excluding carboxylic acids is 1. The molecule has 0 unspecified atom stereocenters. The second kappa shape index (κ2) is 7.84. The Morgan fingerprint density at radius 2 is 1.82 bits per heavy atom. The summed E-state index contributed by atoms with van der Waals surface area (Å²) in [6.07, 6.45) is 0. The lowest BCUT2D eigenvalue weighted by atomic mass is 9.86. The maximum Gasteiger partial charge on any atom is 0.347 e. The topological polar surface area (TPSA) is 74.5 Å². The lowest BCUT2D eigenvalue weighted by molar-refractivity contribution is 0.0728. The van der Waals surface area contributed by atoms with Crippen molar-refractivity contribution in [1.82, 2.24) is 10.1 Å². The van der Waals surface area contributed by atoms with Gasteiger partial charge >= 0.3 is 5.97 Å². The summed E-state index contributed by atoms with van der Waals surface area (Å²) in [5.41, 5.74) is 2.45. The van der Waals surface area contributed by atoms with E-state index in [-0.39, 0.29) is 12.0 Å². The monoisotopic (exact) mass is 380 g/mol. The third kappa shape index (κ3) is 4.57. The Morgan fingerprint density at radius 1 is 1.07 bits per heavy atom. The number of hydrogen-bond acceptors (Lipinski definition) is 6. The first-order chi connectivity index (χ1) is 13.2. The Morgan fingerprint density at radius 3 is 2.46 bits per heavy atom. The number of esters is 1. The number of benzene rings is 2. The van der Waals surface area contributed by atoms with Crippen molar-refractivity contribution in [2.75, 3.05) is 0 Å². The van der Waals surface area contributed by atoms with Gasteiger partial charge < -0.3 is 14.0 Å². The molecule has 0 aliphatic rings. The van der Waals surface area contributed by atoms with Crippen LogP contribution < -0.4 is 9.47 Å². The highest BCUT2D eigenvalue weighted by atomic mass is 16.5. The molecule has 0 bridgehead atoms. The molecule has 0 fully saturated rings. The molecule has 0 saturated carbocycles. The highest BCUT2D eigenvalue weighted by Gasteiger charge is 2.19. The largest absolute Gasteiger partial charge is 0.485 e. The molecule has 2 aromatic carbocycles. The smallest absolute Gasteiger partial charge is 0.347 e. The molecule has 0 spiro atoms. The van der Waals surface area contributed by atoms with Crippen LogP contribution in [0.5, 0.6) is 11.5 Å². The molecule has 0 saturated heterocycles. The molecule has 0 atom stereocenters. The summed E-state index contributed by atoms with van der Waals surface area (Å²) >= 11 is 0. The SMILES string of the molecule is Cc1nc(COc2ccccc2C(=O)Oc2ccc(C(C)(C)C)cc2C)no1. The van der Waals surface area contributed by atoms with E-state index in [0.29, 0.717) is 28.8 Å². The quantitative estimate of drug-likeness (QED) is 0.468. The number of carbonyl (C=O) groups is 1. The molecule has 6 nitrogen and oxygen atoms in total. The van der Waals surface area contributed by atoms with Crippen LogP contribution in [0.15, 0.2) is 47.0 Å². The summed E-state index contributed by atoms with van der Waals surface area (Å²) in [5.74, 6) is 1.32. The Labute approximate surface area is 164 Å². The number of para-hydroxylation sites is 1. The van der Waals surface area contributed by atoms with Crippen LogP contribution in [0.1, 0.15) is 54.0 Å². The van der Waals surface area contributed by atoms with E-state index in [1.165, 1.54) is 5.56 Å². The maximum atomic E-state index is 12.7. The molecule has 0 aliphatic carbocycles. The van der Waals surface area contributed by atoms with E-state index < -0.39 is 5.97 Å². The van der Waals surface area contributed by atoms with E-state index in [2.05, 4.69) is 30.9 Å². The van der Waals surface area contributed by atoms with Crippen molar-refractivity contribution in [3.8, 4) is 11.5 Å². The van der Waals surface area contributed by atoms with E-state index in [0.717, 1.165) is 5.56 Å². The molecule has 6 heteroatoms. The van der Waals surface area contributed by atoms with Crippen LogP contribution in [0.3, 0.4) is 0 Å². The summed E-state index contributed by atoms with van der Waals surface area (Å²) in [5, 5.41) is 3.79. The van der Waals surface area contributed by atoms with E-state index in [1.807, 2.05) is 25.1 Å². The molecule has 3 rings (SSSR count). The van der Waals surface area contributed by atoms with Gasteiger partial charge in [0.2, 0.25) is 11.7 Å². The summed E-state index contributed by atoms with van der Waals surface area (Å²) in [6.45, 7) is 10.2. The highest BCUT2D eigenvalue weighted by Crippen LogP contribution is 2.29. The summed E-state index contributed by atoms with van der Waals surface area (Å²) in [6, 6.07) is 12.8. The number of aromatic nitrogens is 2. The molecule has 3 aromatic rings. The van der Waals surface area contributed by atoms with Gasteiger partial charge in [-0.05, 0) is 41.7 Å². The minimum absolute atomic E-state index is 0.0290. The lowest BCUT2D eigenvalue weighted by Crippen LogP contribution is -2.14. The fraction of sp³-hybridized carbons (Fsp3) is 0.318. The average Bonchev–Trinajstić information content (AvgIpc) is 3.06. The van der Waals surface area contributed by atoms with Gasteiger partial charge in [-0.15, -0.1) is 0 Å². The maximum absolute atomic E-state index is 12.7. The second-order valence-electron chi connectivity index (χ2n) is 7.63. The number of nitrogens with zero attached hydrogens (tertiary/aromatic N) is 2. The molecular formula is C22H24N2O4. The van der Waals surface area contributed by atoms with Gasteiger partial charge in [0.1, 0.15) is 17.1 Å². The summed E-state index contributed by atoms with van der Waals surface area (Å²) in [7, 11) is 0. The van der Waals surface area contributed by atoms with E-state index in [9.17, 15) is 4.79 Å². The van der Waals surface area contributed by atoms with Gasteiger partial charge in [-0.1, -0.05) is 50.2 Å². The molecule has 0 aliphatic heterocycles. The van der Waals surface area contributed by atoms with Crippen molar-refractivity contribution in [2.24, 2.45) is 0 Å². The van der Waals surface area contributed by atoms with Crippen LogP contribution >= 0.6 is 0 Å². The Kier molecular flexibility index (Phi) is 5.49. The minimum Gasteiger partial charge on any atom is -0.485 e. The van der Waals surface area contributed by atoms with Crippen LogP contribution in [0.25, 0.3) is 0 Å². The van der Waals surface area contributed by atoms with Crippen LogP contribution in [0.2, 0.25) is 0 Å². The van der Waals surface area contributed by atoms with Crippen molar-refractivity contribution in [3.05, 3.63) is 70.9 Å². The number of aryl methyl sites for hydroxylation is 2. The van der Waals surface area contributed by atoms with Crippen LogP contribution in [0.4, 0.5) is 0 Å². The van der Waals surface area contributed by atoms with Crippen molar-refractivity contribution < 1.29 is 18.8 Å². The summed E-state index contributed by atoms with van der Waals surface area (Å²) < 4.78 is 16.3. The molecule has 1 aromatic heterocycles. The number of ether oxygens (including phenoxy) is 2. The van der Waals surface area contributed by atoms with Crippen LogP contribution in [0, 0.1) is 13.8 Å². The molecular weight excluding hydrogens is 356 g/mol. The van der Waals surface area contributed by atoms with Crippen LogP contribution in [-0.4, -0.2) is 16.1 Å². The van der Waals surface area contributed by atoms with Crippen molar-refractivity contribution in [2.45, 2.75) is 46.6 Å². The molecule has 146 valence electrons. The molecule has 0 amide bonds. The zero-order valence-corrected chi connectivity index (χ0v) is 16.8. The molecule has 0 radical (unpaired) electrons. The minimum atomic E-state index is -0.480. The Balaban J connectivity index is 1.76. The predicted molar refractivity (Wildman–Crippen MR) is 105 cm³/mol. The lowest BCUT2D eigenvalue weighted by Gasteiger charge is -2.20. The van der Waals surface area contributed by atoms with Crippen molar-refractivity contribution in [3.63, 3.8) is 0 Å². The van der Waals surface area contributed by atoms with Gasteiger partial charge in [-0.3, -0.25) is 0 Å². The van der Waals surface area contributed by atoms with Crippen LogP contribution in [-0.2, 0) is 12.0 Å². The Hall–Kier alpha value is -3.15. The second-order valence-corrected chi connectivity index (χ2v) is 7.63. The van der Waals surface area contributed by atoms with Crippen molar-refractivity contribution in [1.29, 1.82) is 0 Å². The molecule has 0 N–H and O–H groups in total. The van der Waals surface area contributed by atoms with E-state index >= 15 is 0 Å². The number of rotatable bonds is 5. The average molecular weight is 380 g/mol. The Bertz CT molecular complexity index is 986. The predicted octanol–water partition coefficient (Wildman–Crippen LogP) is 4.78. The fourth-order valence-electron chi connectivity index (χ4n) is 2.69. The zero-order chi connectivity index (χ0) is 20.3. The third-order valence-electron chi connectivity index (χ3n) is 4.28. The first kappa shape index (κ1) is 19.6. The van der Waals surface area contributed by atoms with E-state index in [4.69, 9.17) is 14.0 Å². The summed E-state index contributed by atoms with van der Waals surface area (Å²) in [4.78, 5) is 16.8. The van der Waals surface area contributed by atoms with Gasteiger partial charge in [0, 0.05) is 6.92 Å². The van der Waals surface area contributed by atoms with Gasteiger partial charge in [0.25, 0.3) is 0 Å². The van der Waals surface area contributed by atoms with Gasteiger partial charge in [-0.2, -0.15) is 4.98 Å². The van der Waals surface area contributed by atoms with Gasteiger partial charge in [0.15, 0.2) is 6.61 Å². The normalized spacial score (nSPS) is 11.3. The van der Waals surface area contributed by atoms with Gasteiger partial charge in [0.05, 0.1) is 0 Å². The fourth-order valence-corrected chi connectivity index (χ4v) is 2.69. The van der Waals surface area contributed by atoms with Gasteiger partial charge in [-0.25, -0.2) is 4.79 Å². The first-order valence-electron chi connectivity index (χ1n) is 9.08. The first-order valence-corrected chi connectivity index (χ1v) is 9.08. The zero-order valence-electron chi connectivity index (χ0n) is 16.8. The molecule has 28 heavy (non-hydrogen) atoms. The van der Waals surface area contributed by atoms with E-state index in [1.54, 1.807) is 31.2 Å². The molecule has 1 heterocycles. The number of hydrogen-bond donors (Lipinski definition) is 0. The highest BCUT2D eigenvalue weighted by molar-refractivity contribution is 5.94.